The van der Waals surface area contributed by atoms with Crippen molar-refractivity contribution in [2.45, 2.75) is 26.4 Å². The van der Waals surface area contributed by atoms with E-state index >= 15 is 0 Å². The van der Waals surface area contributed by atoms with E-state index in [2.05, 4.69) is 4.74 Å². The van der Waals surface area contributed by atoms with Gasteiger partial charge in [0.15, 0.2) is 6.10 Å². The molecule has 0 N–H and O–H groups in total. The maximum Gasteiger partial charge on any atom is 0.316 e. The first-order valence-corrected chi connectivity index (χ1v) is 2.95. The van der Waals surface area contributed by atoms with Crippen LogP contribution in [0.1, 0.15) is 13.8 Å². The fraction of sp³-hybridized carbons (Fsp3) is 0.833. The molecular formula is C6H8F2O2. The van der Waals surface area contributed by atoms with Gasteiger partial charge in [-0.25, -0.2) is 8.78 Å². The van der Waals surface area contributed by atoms with Crippen molar-refractivity contribution in [3.05, 3.63) is 0 Å². The summed E-state index contributed by atoms with van der Waals surface area (Å²) in [7, 11) is 0. The van der Waals surface area contributed by atoms with E-state index in [9.17, 15) is 13.6 Å². The Morgan fingerprint density at radius 1 is 1.60 bits per heavy atom. The fourth-order valence-electron chi connectivity index (χ4n) is 0.839. The molecule has 0 saturated carbocycles. The number of hydrogen-bond donors (Lipinski definition) is 0. The summed E-state index contributed by atoms with van der Waals surface area (Å²) in [5.41, 5.74) is -0.992. The van der Waals surface area contributed by atoms with E-state index in [0.29, 0.717) is 0 Å². The third-order valence-corrected chi connectivity index (χ3v) is 1.70. The van der Waals surface area contributed by atoms with Gasteiger partial charge in [0.25, 0.3) is 6.43 Å². The van der Waals surface area contributed by atoms with Crippen molar-refractivity contribution in [1.82, 2.24) is 0 Å². The molecule has 0 aromatic heterocycles. The summed E-state index contributed by atoms with van der Waals surface area (Å²) in [4.78, 5) is 10.5. The average Bonchev–Trinajstić information content (AvgIpc) is 1.82. The second-order valence-corrected chi connectivity index (χ2v) is 2.88. The normalized spacial score (nSPS) is 29.7. The van der Waals surface area contributed by atoms with Gasteiger partial charge in [-0.2, -0.15) is 0 Å². The largest absolute Gasteiger partial charge is 0.455 e. The Bertz CT molecular complexity index is 165. The van der Waals surface area contributed by atoms with E-state index in [-0.39, 0.29) is 0 Å². The minimum Gasteiger partial charge on any atom is -0.455 e. The summed E-state index contributed by atoms with van der Waals surface area (Å²) in [5, 5.41) is 0. The maximum absolute atomic E-state index is 11.9. The van der Waals surface area contributed by atoms with Crippen molar-refractivity contribution in [1.29, 1.82) is 0 Å². The predicted octanol–water partition coefficient (Wildman–Crippen LogP) is 1.20. The van der Waals surface area contributed by atoms with Crippen LogP contribution in [-0.4, -0.2) is 18.5 Å². The number of alkyl halides is 2. The molecule has 0 radical (unpaired) electrons. The summed E-state index contributed by atoms with van der Waals surface area (Å²) >= 11 is 0. The van der Waals surface area contributed by atoms with Crippen LogP contribution in [0.15, 0.2) is 0 Å². The predicted molar refractivity (Wildman–Crippen MR) is 29.7 cm³/mol. The van der Waals surface area contributed by atoms with Crippen LogP contribution in [0.4, 0.5) is 8.78 Å². The Hall–Kier alpha value is -0.670. The van der Waals surface area contributed by atoms with Gasteiger partial charge in [0.2, 0.25) is 0 Å². The number of carbonyl (C=O) groups is 1. The molecule has 0 spiro atoms. The number of cyclic esters (lactones) is 1. The molecule has 2 nitrogen and oxygen atoms in total. The Morgan fingerprint density at radius 2 is 2.10 bits per heavy atom. The van der Waals surface area contributed by atoms with Gasteiger partial charge < -0.3 is 4.74 Å². The lowest BCUT2D eigenvalue weighted by Gasteiger charge is -2.40. The highest BCUT2D eigenvalue weighted by Gasteiger charge is 2.55. The molecule has 1 aliphatic heterocycles. The highest BCUT2D eigenvalue weighted by molar-refractivity contribution is 5.82. The van der Waals surface area contributed by atoms with Crippen molar-refractivity contribution >= 4 is 5.97 Å². The molecule has 58 valence electrons. The van der Waals surface area contributed by atoms with E-state index in [0.717, 1.165) is 0 Å². The quantitative estimate of drug-likeness (QED) is 0.525. The number of rotatable bonds is 1. The summed E-state index contributed by atoms with van der Waals surface area (Å²) in [6.07, 6.45) is -3.77. The van der Waals surface area contributed by atoms with Crippen LogP contribution < -0.4 is 0 Å². The Kier molecular flexibility index (Phi) is 1.42. The van der Waals surface area contributed by atoms with Gasteiger partial charge in [-0.3, -0.25) is 4.79 Å². The Morgan fingerprint density at radius 3 is 2.20 bits per heavy atom. The second-order valence-electron chi connectivity index (χ2n) is 2.88. The number of halogens is 2. The topological polar surface area (TPSA) is 26.3 Å². The van der Waals surface area contributed by atoms with Crippen LogP contribution in [0.3, 0.4) is 0 Å². The average molecular weight is 150 g/mol. The molecule has 0 aliphatic carbocycles. The molecule has 1 saturated heterocycles. The molecule has 0 aromatic carbocycles. The van der Waals surface area contributed by atoms with Crippen molar-refractivity contribution in [3.8, 4) is 0 Å². The molecule has 1 heterocycles. The Labute approximate surface area is 57.2 Å². The molecule has 0 amide bonds. The molecular weight excluding hydrogens is 142 g/mol. The van der Waals surface area contributed by atoms with Gasteiger partial charge in [-0.15, -0.1) is 0 Å². The van der Waals surface area contributed by atoms with Crippen molar-refractivity contribution in [2.24, 2.45) is 5.41 Å². The summed E-state index contributed by atoms with van der Waals surface area (Å²) in [6.45, 7) is 2.91. The number of hydrogen-bond acceptors (Lipinski definition) is 2. The molecule has 1 aliphatic rings. The van der Waals surface area contributed by atoms with Crippen molar-refractivity contribution < 1.29 is 18.3 Å². The van der Waals surface area contributed by atoms with E-state index in [1.165, 1.54) is 13.8 Å². The van der Waals surface area contributed by atoms with Crippen LogP contribution in [-0.2, 0) is 9.53 Å². The third kappa shape index (κ3) is 0.786. The first kappa shape index (κ1) is 7.44. The summed E-state index contributed by atoms with van der Waals surface area (Å²) < 4.78 is 28.0. The van der Waals surface area contributed by atoms with Crippen LogP contribution in [0.25, 0.3) is 0 Å². The number of carbonyl (C=O) groups excluding carboxylic acids is 1. The molecule has 1 rings (SSSR count). The lowest BCUT2D eigenvalue weighted by Crippen LogP contribution is -2.56. The molecule has 1 unspecified atom stereocenters. The van der Waals surface area contributed by atoms with Gasteiger partial charge in [0, 0.05) is 0 Å². The van der Waals surface area contributed by atoms with Crippen LogP contribution in [0.2, 0.25) is 0 Å². The highest BCUT2D eigenvalue weighted by atomic mass is 19.3. The third-order valence-electron chi connectivity index (χ3n) is 1.70. The van der Waals surface area contributed by atoms with Gasteiger partial charge >= 0.3 is 5.97 Å². The minimum absolute atomic E-state index is 0.544. The van der Waals surface area contributed by atoms with Gasteiger partial charge in [-0.1, -0.05) is 0 Å². The molecule has 1 fully saturated rings. The molecule has 10 heavy (non-hydrogen) atoms. The maximum atomic E-state index is 11.9. The molecule has 1 atom stereocenters. The number of ether oxygens (including phenoxy) is 1. The minimum atomic E-state index is -2.56. The molecule has 0 aromatic rings. The van der Waals surface area contributed by atoms with E-state index in [1.807, 2.05) is 0 Å². The zero-order valence-corrected chi connectivity index (χ0v) is 5.73. The van der Waals surface area contributed by atoms with E-state index in [4.69, 9.17) is 0 Å². The van der Waals surface area contributed by atoms with Gasteiger partial charge in [0.05, 0.1) is 0 Å². The van der Waals surface area contributed by atoms with Crippen molar-refractivity contribution in [2.75, 3.05) is 0 Å². The van der Waals surface area contributed by atoms with Gasteiger partial charge in [-0.05, 0) is 13.8 Å². The van der Waals surface area contributed by atoms with Gasteiger partial charge in [0.1, 0.15) is 5.41 Å². The van der Waals surface area contributed by atoms with Crippen molar-refractivity contribution in [3.63, 3.8) is 0 Å². The summed E-state index contributed by atoms with van der Waals surface area (Å²) in [5.74, 6) is -0.544. The zero-order valence-electron chi connectivity index (χ0n) is 5.73. The first-order chi connectivity index (χ1) is 4.46. The van der Waals surface area contributed by atoms with E-state index in [1.54, 1.807) is 0 Å². The van der Waals surface area contributed by atoms with Crippen LogP contribution >= 0.6 is 0 Å². The summed E-state index contributed by atoms with van der Waals surface area (Å²) in [6, 6.07) is 0. The lowest BCUT2D eigenvalue weighted by molar-refractivity contribution is -0.221. The zero-order chi connectivity index (χ0) is 7.94. The lowest BCUT2D eigenvalue weighted by atomic mass is 9.82. The molecule has 0 bridgehead atoms. The second kappa shape index (κ2) is 1.90. The number of esters is 1. The fourth-order valence-corrected chi connectivity index (χ4v) is 0.839. The Balaban J connectivity index is 2.63. The monoisotopic (exact) mass is 150 g/mol. The molecule has 4 heteroatoms. The SMILES string of the molecule is CC1(C)C(=O)OC1C(F)F. The first-order valence-electron chi connectivity index (χ1n) is 2.95. The highest BCUT2D eigenvalue weighted by Crippen LogP contribution is 2.38. The van der Waals surface area contributed by atoms with E-state index < -0.39 is 23.9 Å². The standard InChI is InChI=1S/C6H8F2O2/c1-6(2)3(4(7)8)10-5(6)9/h3-4H,1-2H3. The van der Waals surface area contributed by atoms with Crippen LogP contribution in [0, 0.1) is 5.41 Å². The van der Waals surface area contributed by atoms with Crippen LogP contribution in [0.5, 0.6) is 0 Å². The smallest absolute Gasteiger partial charge is 0.316 e.